The van der Waals surface area contributed by atoms with Gasteiger partial charge in [0.05, 0.1) is 17.6 Å². The van der Waals surface area contributed by atoms with Crippen molar-refractivity contribution in [1.82, 2.24) is 5.32 Å². The third kappa shape index (κ3) is 3.55. The van der Waals surface area contributed by atoms with E-state index in [4.69, 9.17) is 16.3 Å². The zero-order chi connectivity index (χ0) is 15.6. The Kier molecular flexibility index (Phi) is 5.94. The average Bonchev–Trinajstić information content (AvgIpc) is 2.44. The fraction of sp³-hybridized carbons (Fsp3) is 0.250. The lowest BCUT2D eigenvalue weighted by Gasteiger charge is -2.23. The smallest absolute Gasteiger partial charge is 0.138 e. The number of rotatable bonds is 4. The molecule has 0 aromatic heterocycles. The van der Waals surface area contributed by atoms with Crippen molar-refractivity contribution in [1.29, 1.82) is 0 Å². The minimum atomic E-state index is 0.0155. The van der Waals surface area contributed by atoms with Crippen LogP contribution in [0.2, 0.25) is 5.02 Å². The van der Waals surface area contributed by atoms with Gasteiger partial charge in [-0.2, -0.15) is 0 Å². The van der Waals surface area contributed by atoms with E-state index in [-0.39, 0.29) is 6.04 Å². The van der Waals surface area contributed by atoms with Crippen molar-refractivity contribution >= 4 is 50.1 Å². The van der Waals surface area contributed by atoms with Crippen molar-refractivity contribution in [2.24, 2.45) is 0 Å². The molecule has 0 aliphatic rings. The molecule has 0 heterocycles. The summed E-state index contributed by atoms with van der Waals surface area (Å²) >= 11 is 12.1. The Morgan fingerprint density at radius 3 is 2.62 bits per heavy atom. The molecule has 0 saturated carbocycles. The van der Waals surface area contributed by atoms with Gasteiger partial charge in [-0.15, -0.1) is 0 Å². The van der Waals surface area contributed by atoms with Crippen LogP contribution in [0.5, 0.6) is 5.75 Å². The molecule has 0 spiro atoms. The highest BCUT2D eigenvalue weighted by atomic mass is 127. The summed E-state index contributed by atoms with van der Waals surface area (Å²) < 4.78 is 7.66. The fourth-order valence-electron chi connectivity index (χ4n) is 2.38. The summed E-state index contributed by atoms with van der Waals surface area (Å²) in [7, 11) is 3.61. The number of methoxy groups -OCH3 is 1. The number of hydrogen-bond acceptors (Lipinski definition) is 2. The number of aryl methyl sites for hydroxylation is 1. The first-order valence-electron chi connectivity index (χ1n) is 6.44. The van der Waals surface area contributed by atoms with E-state index in [0.29, 0.717) is 5.02 Å². The molecule has 0 bridgehead atoms. The lowest BCUT2D eigenvalue weighted by Crippen LogP contribution is -2.20. The van der Waals surface area contributed by atoms with Crippen LogP contribution in [0.25, 0.3) is 0 Å². The molecule has 2 aromatic rings. The van der Waals surface area contributed by atoms with Crippen LogP contribution >= 0.6 is 50.1 Å². The molecule has 21 heavy (non-hydrogen) atoms. The summed E-state index contributed by atoms with van der Waals surface area (Å²) in [4.78, 5) is 0. The van der Waals surface area contributed by atoms with Crippen LogP contribution in [0.15, 0.2) is 34.8 Å². The highest BCUT2D eigenvalue weighted by Gasteiger charge is 2.21. The van der Waals surface area contributed by atoms with Crippen LogP contribution in [0.1, 0.15) is 22.7 Å². The Morgan fingerprint density at radius 2 is 2.00 bits per heavy atom. The number of hydrogen-bond donors (Lipinski definition) is 1. The Hall–Kier alpha value is -0.300. The molecular formula is C16H16BrClINO. The predicted molar refractivity (Wildman–Crippen MR) is 101 cm³/mol. The summed E-state index contributed by atoms with van der Waals surface area (Å²) in [5.74, 6) is 0.802. The van der Waals surface area contributed by atoms with Crippen LogP contribution in [0.4, 0.5) is 0 Å². The third-order valence-electron chi connectivity index (χ3n) is 3.37. The molecular weight excluding hydrogens is 464 g/mol. The molecule has 0 amide bonds. The number of nitrogens with one attached hydrogen (secondary N) is 1. The van der Waals surface area contributed by atoms with Crippen molar-refractivity contribution in [3.8, 4) is 5.75 Å². The fourth-order valence-corrected chi connectivity index (χ4v) is 4.05. The van der Waals surface area contributed by atoms with Crippen LogP contribution in [0, 0.1) is 10.5 Å². The molecule has 0 fully saturated rings. The second kappa shape index (κ2) is 7.31. The second-order valence-corrected chi connectivity index (χ2v) is 7.08. The normalized spacial score (nSPS) is 12.3. The van der Waals surface area contributed by atoms with Crippen LogP contribution in [-0.2, 0) is 0 Å². The molecule has 1 atom stereocenters. The Labute approximate surface area is 152 Å². The maximum Gasteiger partial charge on any atom is 0.138 e. The van der Waals surface area contributed by atoms with Crippen molar-refractivity contribution in [3.05, 3.63) is 60.1 Å². The first-order chi connectivity index (χ1) is 9.99. The van der Waals surface area contributed by atoms with E-state index in [1.54, 1.807) is 7.11 Å². The van der Waals surface area contributed by atoms with Crippen LogP contribution in [0.3, 0.4) is 0 Å². The van der Waals surface area contributed by atoms with Gasteiger partial charge in [-0.3, -0.25) is 0 Å². The molecule has 5 heteroatoms. The zero-order valence-electron chi connectivity index (χ0n) is 12.0. The van der Waals surface area contributed by atoms with E-state index in [0.717, 1.165) is 15.8 Å². The number of halogens is 3. The van der Waals surface area contributed by atoms with Crippen molar-refractivity contribution in [3.63, 3.8) is 0 Å². The minimum Gasteiger partial charge on any atom is -0.495 e. The highest BCUT2D eigenvalue weighted by molar-refractivity contribution is 14.1. The van der Waals surface area contributed by atoms with E-state index in [1.165, 1.54) is 14.7 Å². The SMILES string of the molecule is CNC(c1cccc(C)c1I)c1cc(Cl)cc(Br)c1OC. The monoisotopic (exact) mass is 479 g/mol. The van der Waals surface area contributed by atoms with Crippen molar-refractivity contribution < 1.29 is 4.74 Å². The topological polar surface area (TPSA) is 21.3 Å². The van der Waals surface area contributed by atoms with E-state index in [2.05, 4.69) is 69.0 Å². The molecule has 112 valence electrons. The predicted octanol–water partition coefficient (Wildman–Crippen LogP) is 5.33. The molecule has 0 radical (unpaired) electrons. The van der Waals surface area contributed by atoms with Gasteiger partial charge in [-0.05, 0) is 75.8 Å². The van der Waals surface area contributed by atoms with E-state index >= 15 is 0 Å². The molecule has 0 aliphatic heterocycles. The Bertz CT molecular complexity index is 663. The quantitative estimate of drug-likeness (QED) is 0.597. The van der Waals surface area contributed by atoms with Gasteiger partial charge >= 0.3 is 0 Å². The number of ether oxygens (including phenoxy) is 1. The van der Waals surface area contributed by atoms with E-state index < -0.39 is 0 Å². The molecule has 0 saturated heterocycles. The van der Waals surface area contributed by atoms with Crippen LogP contribution < -0.4 is 10.1 Å². The van der Waals surface area contributed by atoms with Crippen LogP contribution in [-0.4, -0.2) is 14.2 Å². The standard InChI is InChI=1S/C16H16BrClINO/c1-9-5-4-6-11(14(9)19)15(20-2)12-7-10(18)8-13(17)16(12)21-3/h4-8,15,20H,1-3H3. The van der Waals surface area contributed by atoms with Gasteiger partial charge in [-0.25, -0.2) is 0 Å². The van der Waals surface area contributed by atoms with E-state index in [9.17, 15) is 0 Å². The maximum absolute atomic E-state index is 6.22. The lowest BCUT2D eigenvalue weighted by atomic mass is 9.96. The molecule has 0 aliphatic carbocycles. The van der Waals surface area contributed by atoms with E-state index in [1.807, 2.05) is 19.2 Å². The second-order valence-electron chi connectivity index (χ2n) is 4.71. The van der Waals surface area contributed by atoms with Gasteiger partial charge in [0, 0.05) is 14.2 Å². The summed E-state index contributed by atoms with van der Waals surface area (Å²) in [6, 6.07) is 10.1. The average molecular weight is 481 g/mol. The van der Waals surface area contributed by atoms with Crippen molar-refractivity contribution in [2.75, 3.05) is 14.2 Å². The van der Waals surface area contributed by atoms with Gasteiger partial charge in [-0.1, -0.05) is 29.8 Å². The minimum absolute atomic E-state index is 0.0155. The van der Waals surface area contributed by atoms with Crippen molar-refractivity contribution in [2.45, 2.75) is 13.0 Å². The van der Waals surface area contributed by atoms with Gasteiger partial charge in [0.1, 0.15) is 5.75 Å². The number of benzene rings is 2. The van der Waals surface area contributed by atoms with Gasteiger partial charge in [0.25, 0.3) is 0 Å². The molecule has 2 nitrogen and oxygen atoms in total. The van der Waals surface area contributed by atoms with Gasteiger partial charge in [0.2, 0.25) is 0 Å². The molecule has 1 unspecified atom stereocenters. The molecule has 1 N–H and O–H groups in total. The summed E-state index contributed by atoms with van der Waals surface area (Å²) in [5.41, 5.74) is 3.49. The first kappa shape index (κ1) is 17.1. The summed E-state index contributed by atoms with van der Waals surface area (Å²) in [5, 5.41) is 4.05. The molecule has 2 aromatic carbocycles. The Balaban J connectivity index is 2.64. The third-order valence-corrected chi connectivity index (χ3v) is 5.65. The molecule has 2 rings (SSSR count). The van der Waals surface area contributed by atoms with Gasteiger partial charge in [0.15, 0.2) is 0 Å². The summed E-state index contributed by atoms with van der Waals surface area (Å²) in [6.07, 6.45) is 0. The maximum atomic E-state index is 6.22. The Morgan fingerprint density at radius 1 is 1.29 bits per heavy atom. The zero-order valence-corrected chi connectivity index (χ0v) is 16.5. The largest absolute Gasteiger partial charge is 0.495 e. The summed E-state index contributed by atoms with van der Waals surface area (Å²) in [6.45, 7) is 2.11. The highest BCUT2D eigenvalue weighted by Crippen LogP contribution is 2.39. The van der Waals surface area contributed by atoms with Gasteiger partial charge < -0.3 is 10.1 Å². The lowest BCUT2D eigenvalue weighted by molar-refractivity contribution is 0.402. The first-order valence-corrected chi connectivity index (χ1v) is 8.69.